The molecule has 0 bridgehead atoms. The molecule has 0 fully saturated rings. The van der Waals surface area contributed by atoms with E-state index >= 15 is 0 Å². The van der Waals surface area contributed by atoms with Crippen molar-refractivity contribution in [3.05, 3.63) is 58.0 Å². The molecular weight excluding hydrogens is 270 g/mol. The summed E-state index contributed by atoms with van der Waals surface area (Å²) in [5.74, 6) is 1.94. The Hall–Kier alpha value is -1.25. The molecule has 0 amide bonds. The molecule has 0 spiro atoms. The van der Waals surface area contributed by atoms with E-state index in [0.29, 0.717) is 0 Å². The zero-order valence-corrected chi connectivity index (χ0v) is 13.1. The Kier molecular flexibility index (Phi) is 5.27. The van der Waals surface area contributed by atoms with Crippen molar-refractivity contribution in [3.8, 4) is 0 Å². The quantitative estimate of drug-likeness (QED) is 0.819. The minimum atomic E-state index is 0.0170. The Balaban J connectivity index is 2.35. The molecule has 20 heavy (non-hydrogen) atoms. The fourth-order valence-electron chi connectivity index (χ4n) is 2.26. The van der Waals surface area contributed by atoms with Crippen LogP contribution in [-0.4, -0.2) is 6.54 Å². The van der Waals surface area contributed by atoms with Crippen LogP contribution >= 0.6 is 11.6 Å². The third kappa shape index (κ3) is 3.44. The van der Waals surface area contributed by atoms with Crippen LogP contribution in [0.2, 0.25) is 5.02 Å². The number of rotatable bonds is 6. The van der Waals surface area contributed by atoms with E-state index in [1.165, 1.54) is 5.56 Å². The van der Waals surface area contributed by atoms with E-state index in [4.69, 9.17) is 16.0 Å². The molecule has 1 aromatic heterocycles. The zero-order chi connectivity index (χ0) is 14.5. The van der Waals surface area contributed by atoms with Gasteiger partial charge in [-0.3, -0.25) is 0 Å². The maximum atomic E-state index is 6.41. The van der Waals surface area contributed by atoms with Gasteiger partial charge in [-0.25, -0.2) is 0 Å². The van der Waals surface area contributed by atoms with E-state index in [2.05, 4.69) is 31.3 Å². The molecule has 0 aliphatic heterocycles. The molecule has 2 rings (SSSR count). The highest BCUT2D eigenvalue weighted by Crippen LogP contribution is 2.30. The predicted molar refractivity (Wildman–Crippen MR) is 84.4 cm³/mol. The monoisotopic (exact) mass is 291 g/mol. The summed E-state index contributed by atoms with van der Waals surface area (Å²) < 4.78 is 5.91. The van der Waals surface area contributed by atoms with Crippen molar-refractivity contribution in [2.24, 2.45) is 0 Å². The molecule has 0 saturated heterocycles. The average Bonchev–Trinajstić information content (AvgIpc) is 2.90. The lowest BCUT2D eigenvalue weighted by atomic mass is 10.0. The van der Waals surface area contributed by atoms with Gasteiger partial charge in [-0.2, -0.15) is 0 Å². The lowest BCUT2D eigenvalue weighted by molar-refractivity contribution is 0.422. The Bertz CT molecular complexity index is 562. The van der Waals surface area contributed by atoms with Crippen LogP contribution in [0.3, 0.4) is 0 Å². The van der Waals surface area contributed by atoms with E-state index in [0.717, 1.165) is 41.5 Å². The Labute approximate surface area is 126 Å². The molecule has 1 N–H and O–H groups in total. The summed E-state index contributed by atoms with van der Waals surface area (Å²) in [6.07, 6.45) is 1.98. The number of nitrogens with one attached hydrogen (secondary N) is 1. The predicted octanol–water partition coefficient (Wildman–Crippen LogP) is 4.89. The minimum absolute atomic E-state index is 0.0170. The Morgan fingerprint density at radius 2 is 2.00 bits per heavy atom. The molecule has 0 aliphatic carbocycles. The number of hydrogen-bond donors (Lipinski definition) is 1. The topological polar surface area (TPSA) is 25.2 Å². The number of aryl methyl sites for hydroxylation is 2. The van der Waals surface area contributed by atoms with Crippen molar-refractivity contribution in [1.29, 1.82) is 0 Å². The van der Waals surface area contributed by atoms with Gasteiger partial charge in [-0.05, 0) is 49.2 Å². The summed E-state index contributed by atoms with van der Waals surface area (Å²) in [6, 6.07) is 10.3. The van der Waals surface area contributed by atoms with Gasteiger partial charge in [-0.15, -0.1) is 0 Å². The molecule has 3 heteroatoms. The van der Waals surface area contributed by atoms with Crippen molar-refractivity contribution in [3.63, 3.8) is 0 Å². The lowest BCUT2D eigenvalue weighted by Crippen LogP contribution is -2.23. The third-order valence-corrected chi connectivity index (χ3v) is 3.71. The maximum absolute atomic E-state index is 6.41. The molecule has 108 valence electrons. The number of benzene rings is 1. The zero-order valence-electron chi connectivity index (χ0n) is 12.4. The van der Waals surface area contributed by atoms with Gasteiger partial charge in [0.25, 0.3) is 0 Å². The van der Waals surface area contributed by atoms with Crippen molar-refractivity contribution in [2.45, 2.75) is 39.7 Å². The first kappa shape index (κ1) is 15.1. The van der Waals surface area contributed by atoms with Crippen LogP contribution in [0.25, 0.3) is 0 Å². The van der Waals surface area contributed by atoms with Gasteiger partial charge in [-0.1, -0.05) is 37.6 Å². The number of furan rings is 1. The molecule has 1 atom stereocenters. The third-order valence-electron chi connectivity index (χ3n) is 3.38. The molecular formula is C17H22ClNO. The smallest absolute Gasteiger partial charge is 0.125 e. The maximum Gasteiger partial charge on any atom is 0.125 e. The first-order valence-electron chi connectivity index (χ1n) is 7.23. The second kappa shape index (κ2) is 6.96. The van der Waals surface area contributed by atoms with E-state index in [-0.39, 0.29) is 6.04 Å². The minimum Gasteiger partial charge on any atom is -0.464 e. The number of hydrogen-bond acceptors (Lipinski definition) is 2. The van der Waals surface area contributed by atoms with Gasteiger partial charge in [0.1, 0.15) is 11.5 Å². The summed E-state index contributed by atoms with van der Waals surface area (Å²) in [7, 11) is 0. The van der Waals surface area contributed by atoms with Gasteiger partial charge >= 0.3 is 0 Å². The van der Waals surface area contributed by atoms with Crippen molar-refractivity contribution in [1.82, 2.24) is 5.32 Å². The first-order valence-corrected chi connectivity index (χ1v) is 7.61. The van der Waals surface area contributed by atoms with Crippen LogP contribution in [0, 0.1) is 6.92 Å². The second-order valence-corrected chi connectivity index (χ2v) is 5.48. The molecule has 1 unspecified atom stereocenters. The van der Waals surface area contributed by atoms with Gasteiger partial charge in [0.05, 0.1) is 6.04 Å². The average molecular weight is 292 g/mol. The van der Waals surface area contributed by atoms with E-state index in [1.807, 2.05) is 25.1 Å². The lowest BCUT2D eigenvalue weighted by Gasteiger charge is -2.18. The SMILES string of the molecule is CCCNC(c1ccc(CC)o1)c1ccc(C)cc1Cl. The highest BCUT2D eigenvalue weighted by molar-refractivity contribution is 6.31. The highest BCUT2D eigenvalue weighted by Gasteiger charge is 2.19. The van der Waals surface area contributed by atoms with E-state index in [9.17, 15) is 0 Å². The second-order valence-electron chi connectivity index (χ2n) is 5.07. The van der Waals surface area contributed by atoms with Crippen LogP contribution in [-0.2, 0) is 6.42 Å². The molecule has 1 aromatic carbocycles. The van der Waals surface area contributed by atoms with Gasteiger partial charge in [0, 0.05) is 11.4 Å². The van der Waals surface area contributed by atoms with Crippen molar-refractivity contribution in [2.75, 3.05) is 6.54 Å². The van der Waals surface area contributed by atoms with Crippen molar-refractivity contribution < 1.29 is 4.42 Å². The normalized spacial score (nSPS) is 12.6. The molecule has 0 radical (unpaired) electrons. The van der Waals surface area contributed by atoms with Crippen molar-refractivity contribution >= 4 is 11.6 Å². The van der Waals surface area contributed by atoms with Gasteiger partial charge in [0.2, 0.25) is 0 Å². The largest absolute Gasteiger partial charge is 0.464 e. The van der Waals surface area contributed by atoms with E-state index < -0.39 is 0 Å². The highest BCUT2D eigenvalue weighted by atomic mass is 35.5. The van der Waals surface area contributed by atoms with Crippen LogP contribution in [0.1, 0.15) is 49.0 Å². The van der Waals surface area contributed by atoms with Crippen LogP contribution in [0.5, 0.6) is 0 Å². The van der Waals surface area contributed by atoms with Crippen LogP contribution < -0.4 is 5.32 Å². The fourth-order valence-corrected chi connectivity index (χ4v) is 2.60. The summed E-state index contributed by atoms with van der Waals surface area (Å²) in [5.41, 5.74) is 2.24. The van der Waals surface area contributed by atoms with Gasteiger partial charge in [0.15, 0.2) is 0 Å². The summed E-state index contributed by atoms with van der Waals surface area (Å²) in [6.45, 7) is 7.22. The van der Waals surface area contributed by atoms with Gasteiger partial charge < -0.3 is 9.73 Å². The molecule has 0 saturated carbocycles. The summed E-state index contributed by atoms with van der Waals surface area (Å²) in [4.78, 5) is 0. The molecule has 2 aromatic rings. The summed E-state index contributed by atoms with van der Waals surface area (Å²) >= 11 is 6.41. The first-order chi connectivity index (χ1) is 9.65. The molecule has 0 aliphatic rings. The number of halogens is 1. The Morgan fingerprint density at radius 3 is 2.60 bits per heavy atom. The molecule has 1 heterocycles. The van der Waals surface area contributed by atoms with Crippen LogP contribution in [0.4, 0.5) is 0 Å². The standard InChI is InChI=1S/C17H22ClNO/c1-4-10-19-17(16-9-7-13(5-2)20-16)14-8-6-12(3)11-15(14)18/h6-9,11,17,19H,4-5,10H2,1-3H3. The van der Waals surface area contributed by atoms with Crippen LogP contribution in [0.15, 0.2) is 34.7 Å². The van der Waals surface area contributed by atoms with E-state index in [1.54, 1.807) is 0 Å². The molecule has 2 nitrogen and oxygen atoms in total. The Morgan fingerprint density at radius 1 is 1.20 bits per heavy atom. The fraction of sp³-hybridized carbons (Fsp3) is 0.412. The summed E-state index contributed by atoms with van der Waals surface area (Å²) in [5, 5.41) is 4.31.